The van der Waals surface area contributed by atoms with Gasteiger partial charge in [0.1, 0.15) is 0 Å². The minimum Gasteiger partial charge on any atom is -0.356 e. The van der Waals surface area contributed by atoms with Crippen molar-refractivity contribution in [3.05, 3.63) is 35.4 Å². The molecule has 1 aliphatic heterocycles. The van der Waals surface area contributed by atoms with Crippen molar-refractivity contribution in [3.8, 4) is 0 Å². The Labute approximate surface area is 138 Å². The molecule has 0 radical (unpaired) electrons. The molecule has 0 bridgehead atoms. The molecule has 0 unspecified atom stereocenters. The summed E-state index contributed by atoms with van der Waals surface area (Å²) in [5.41, 5.74) is 2.42. The molecule has 0 aromatic heterocycles. The van der Waals surface area contributed by atoms with E-state index in [4.69, 9.17) is 0 Å². The van der Waals surface area contributed by atoms with E-state index in [1.54, 1.807) is 0 Å². The van der Waals surface area contributed by atoms with E-state index in [0.29, 0.717) is 19.5 Å². The highest BCUT2D eigenvalue weighted by Crippen LogP contribution is 2.13. The Morgan fingerprint density at radius 3 is 2.30 bits per heavy atom. The number of nitrogens with zero attached hydrogens (tertiary/aromatic N) is 1. The highest BCUT2D eigenvalue weighted by atomic mass is 16.2. The fourth-order valence-electron chi connectivity index (χ4n) is 2.78. The monoisotopic (exact) mass is 317 g/mol. The molecule has 0 spiro atoms. The summed E-state index contributed by atoms with van der Waals surface area (Å²) in [5.74, 6) is -0.154. The summed E-state index contributed by atoms with van der Waals surface area (Å²) in [6.45, 7) is 5.78. The van der Waals surface area contributed by atoms with Crippen molar-refractivity contribution in [2.75, 3.05) is 19.6 Å². The van der Waals surface area contributed by atoms with Gasteiger partial charge in [-0.3, -0.25) is 14.5 Å². The third kappa shape index (κ3) is 6.82. The fraction of sp³-hybridized carbons (Fsp3) is 0.556. The Hall–Kier alpha value is -1.88. The molecule has 2 rings (SSSR count). The van der Waals surface area contributed by atoms with E-state index in [1.807, 2.05) is 0 Å². The average Bonchev–Trinajstić information content (AvgIpc) is 2.55. The maximum absolute atomic E-state index is 11.7. The molecule has 1 aliphatic rings. The average molecular weight is 317 g/mol. The molecule has 1 aromatic rings. The molecule has 1 saturated heterocycles. The number of amides is 2. The molecular formula is C18H27N3O2. The topological polar surface area (TPSA) is 61.4 Å². The van der Waals surface area contributed by atoms with Crippen LogP contribution in [0.5, 0.6) is 0 Å². The summed E-state index contributed by atoms with van der Waals surface area (Å²) in [7, 11) is 0. The Kier molecular flexibility index (Phi) is 7.07. The zero-order chi connectivity index (χ0) is 16.5. The van der Waals surface area contributed by atoms with Crippen LogP contribution in [0, 0.1) is 0 Å². The van der Waals surface area contributed by atoms with Crippen LogP contribution in [-0.2, 0) is 22.7 Å². The lowest BCUT2D eigenvalue weighted by Gasteiger charge is -2.26. The second kappa shape index (κ2) is 9.30. The molecule has 1 fully saturated rings. The lowest BCUT2D eigenvalue weighted by molar-refractivity contribution is -0.121. The first kappa shape index (κ1) is 17.5. The molecule has 1 heterocycles. The summed E-state index contributed by atoms with van der Waals surface area (Å²) in [6.07, 6.45) is 4.29. The van der Waals surface area contributed by atoms with Crippen molar-refractivity contribution in [1.29, 1.82) is 0 Å². The Balaban J connectivity index is 1.69. The number of piperidine rings is 1. The Morgan fingerprint density at radius 2 is 1.65 bits per heavy atom. The van der Waals surface area contributed by atoms with Gasteiger partial charge in [0.25, 0.3) is 0 Å². The van der Waals surface area contributed by atoms with Crippen LogP contribution in [0.15, 0.2) is 24.3 Å². The van der Waals surface area contributed by atoms with Crippen LogP contribution in [0.4, 0.5) is 0 Å². The van der Waals surface area contributed by atoms with Gasteiger partial charge in [0.15, 0.2) is 0 Å². The minimum atomic E-state index is -0.109. The molecule has 1 aromatic carbocycles. The fourth-order valence-corrected chi connectivity index (χ4v) is 2.78. The largest absolute Gasteiger partial charge is 0.356 e. The van der Waals surface area contributed by atoms with Gasteiger partial charge in [-0.05, 0) is 37.1 Å². The number of hydrogen-bond acceptors (Lipinski definition) is 3. The molecule has 5 heteroatoms. The molecule has 0 saturated carbocycles. The number of carbonyl (C=O) groups excluding carboxylic acids is 2. The molecular weight excluding hydrogens is 290 g/mol. The van der Waals surface area contributed by atoms with Gasteiger partial charge >= 0.3 is 0 Å². The van der Waals surface area contributed by atoms with Crippen LogP contribution in [-0.4, -0.2) is 36.3 Å². The number of nitrogens with one attached hydrogen (secondary N) is 2. The van der Waals surface area contributed by atoms with Gasteiger partial charge in [0, 0.05) is 33.0 Å². The third-order valence-electron chi connectivity index (χ3n) is 4.09. The standard InChI is InChI=1S/C18H27N3O2/c1-15(22)19-10-9-18(23)20-13-16-5-7-17(8-6-16)14-21-11-3-2-4-12-21/h5-8H,2-4,9-14H2,1H3,(H,19,22)(H,20,23). The molecule has 0 atom stereocenters. The maximum Gasteiger partial charge on any atom is 0.222 e. The van der Waals surface area contributed by atoms with Crippen LogP contribution in [0.2, 0.25) is 0 Å². The summed E-state index contributed by atoms with van der Waals surface area (Å²) in [6, 6.07) is 8.45. The first-order chi connectivity index (χ1) is 11.1. The summed E-state index contributed by atoms with van der Waals surface area (Å²) >= 11 is 0. The van der Waals surface area contributed by atoms with Crippen molar-refractivity contribution >= 4 is 11.8 Å². The second-order valence-electron chi connectivity index (χ2n) is 6.16. The van der Waals surface area contributed by atoms with E-state index in [1.165, 1.54) is 44.8 Å². The zero-order valence-corrected chi connectivity index (χ0v) is 13.9. The molecule has 126 valence electrons. The quantitative estimate of drug-likeness (QED) is 0.806. The van der Waals surface area contributed by atoms with Gasteiger partial charge < -0.3 is 10.6 Å². The SMILES string of the molecule is CC(=O)NCCC(=O)NCc1ccc(CN2CCCCC2)cc1. The molecule has 2 amide bonds. The van der Waals surface area contributed by atoms with Crippen molar-refractivity contribution in [1.82, 2.24) is 15.5 Å². The molecule has 23 heavy (non-hydrogen) atoms. The highest BCUT2D eigenvalue weighted by molar-refractivity contribution is 5.77. The smallest absolute Gasteiger partial charge is 0.222 e. The van der Waals surface area contributed by atoms with Gasteiger partial charge in [-0.25, -0.2) is 0 Å². The van der Waals surface area contributed by atoms with Gasteiger partial charge in [-0.2, -0.15) is 0 Å². The summed E-state index contributed by atoms with van der Waals surface area (Å²) in [5, 5.41) is 5.49. The van der Waals surface area contributed by atoms with Crippen LogP contribution in [0.3, 0.4) is 0 Å². The van der Waals surface area contributed by atoms with Crippen molar-refractivity contribution in [2.45, 2.75) is 45.7 Å². The Bertz CT molecular complexity index is 508. The Morgan fingerprint density at radius 1 is 1.00 bits per heavy atom. The van der Waals surface area contributed by atoms with Crippen LogP contribution >= 0.6 is 0 Å². The van der Waals surface area contributed by atoms with E-state index >= 15 is 0 Å². The predicted molar refractivity (Wildman–Crippen MR) is 90.7 cm³/mol. The van der Waals surface area contributed by atoms with Gasteiger partial charge in [0.2, 0.25) is 11.8 Å². The first-order valence-electron chi connectivity index (χ1n) is 8.45. The molecule has 0 aliphatic carbocycles. The summed E-state index contributed by atoms with van der Waals surface area (Å²) < 4.78 is 0. The highest BCUT2D eigenvalue weighted by Gasteiger charge is 2.10. The van der Waals surface area contributed by atoms with Crippen LogP contribution in [0.25, 0.3) is 0 Å². The van der Waals surface area contributed by atoms with E-state index in [-0.39, 0.29) is 11.8 Å². The lowest BCUT2D eigenvalue weighted by atomic mass is 10.1. The number of likely N-dealkylation sites (tertiary alicyclic amines) is 1. The van der Waals surface area contributed by atoms with Gasteiger partial charge in [0.05, 0.1) is 0 Å². The van der Waals surface area contributed by atoms with E-state index in [0.717, 1.165) is 12.1 Å². The number of rotatable bonds is 7. The first-order valence-corrected chi connectivity index (χ1v) is 8.45. The van der Waals surface area contributed by atoms with Crippen LogP contribution in [0.1, 0.15) is 43.7 Å². The third-order valence-corrected chi connectivity index (χ3v) is 4.09. The second-order valence-corrected chi connectivity index (χ2v) is 6.16. The van der Waals surface area contributed by atoms with Gasteiger partial charge in [-0.1, -0.05) is 30.7 Å². The number of benzene rings is 1. The van der Waals surface area contributed by atoms with E-state index in [9.17, 15) is 9.59 Å². The van der Waals surface area contributed by atoms with Crippen molar-refractivity contribution in [2.24, 2.45) is 0 Å². The number of hydrogen-bond donors (Lipinski definition) is 2. The number of carbonyl (C=O) groups is 2. The van der Waals surface area contributed by atoms with Gasteiger partial charge in [-0.15, -0.1) is 0 Å². The van der Waals surface area contributed by atoms with Crippen LogP contribution < -0.4 is 10.6 Å². The van der Waals surface area contributed by atoms with E-state index in [2.05, 4.69) is 39.8 Å². The molecule has 5 nitrogen and oxygen atoms in total. The summed E-state index contributed by atoms with van der Waals surface area (Å²) in [4.78, 5) is 24.9. The van der Waals surface area contributed by atoms with Crippen molar-refractivity contribution < 1.29 is 9.59 Å². The minimum absolute atomic E-state index is 0.0452. The normalized spacial score (nSPS) is 15.2. The van der Waals surface area contributed by atoms with E-state index < -0.39 is 0 Å². The lowest BCUT2D eigenvalue weighted by Crippen LogP contribution is -2.29. The molecule has 2 N–H and O–H groups in total. The maximum atomic E-state index is 11.7. The predicted octanol–water partition coefficient (Wildman–Crippen LogP) is 1.81. The van der Waals surface area contributed by atoms with Crippen molar-refractivity contribution in [3.63, 3.8) is 0 Å². The zero-order valence-electron chi connectivity index (χ0n) is 13.9.